The zero-order chi connectivity index (χ0) is 12.0. The van der Waals surface area contributed by atoms with Gasteiger partial charge in [-0.3, -0.25) is 4.79 Å². The number of carbonyl (C=O) groups is 1. The van der Waals surface area contributed by atoms with Crippen LogP contribution in [0.4, 0.5) is 0 Å². The molecule has 2 nitrogen and oxygen atoms in total. The van der Waals surface area contributed by atoms with Crippen molar-refractivity contribution in [2.24, 2.45) is 0 Å². The largest absolute Gasteiger partial charge is 0.339 e. The molecule has 88 valence electrons. The third-order valence-corrected chi connectivity index (χ3v) is 2.93. The van der Waals surface area contributed by atoms with Crippen LogP contribution < -0.4 is 0 Å². The Labute approximate surface area is 106 Å². The fourth-order valence-electron chi connectivity index (χ4n) is 1.46. The van der Waals surface area contributed by atoms with Crippen LogP contribution >= 0.6 is 23.2 Å². The van der Waals surface area contributed by atoms with E-state index in [0.717, 1.165) is 6.42 Å². The van der Waals surface area contributed by atoms with E-state index >= 15 is 0 Å². The van der Waals surface area contributed by atoms with E-state index in [0.29, 0.717) is 29.6 Å². The van der Waals surface area contributed by atoms with Crippen molar-refractivity contribution in [3.8, 4) is 0 Å². The van der Waals surface area contributed by atoms with Crippen LogP contribution in [-0.4, -0.2) is 29.8 Å². The standard InChI is InChI=1S/C12H15Cl2NO/c1-2-15(9-5-8-13)12(16)10-6-3-4-7-11(10)14/h3-4,6-7H,2,5,8-9H2,1H3. The van der Waals surface area contributed by atoms with Crippen molar-refractivity contribution in [1.82, 2.24) is 4.90 Å². The van der Waals surface area contributed by atoms with E-state index in [9.17, 15) is 4.79 Å². The molecule has 16 heavy (non-hydrogen) atoms. The van der Waals surface area contributed by atoms with Crippen LogP contribution in [0.3, 0.4) is 0 Å². The van der Waals surface area contributed by atoms with Gasteiger partial charge in [0.05, 0.1) is 10.6 Å². The molecule has 1 amide bonds. The third-order valence-electron chi connectivity index (χ3n) is 2.33. The second-order valence-electron chi connectivity index (χ2n) is 3.41. The molecule has 0 N–H and O–H groups in total. The maximum Gasteiger partial charge on any atom is 0.255 e. The van der Waals surface area contributed by atoms with Crippen LogP contribution in [0.5, 0.6) is 0 Å². The molecule has 0 fully saturated rings. The summed E-state index contributed by atoms with van der Waals surface area (Å²) in [5, 5.41) is 0.497. The first kappa shape index (κ1) is 13.3. The molecule has 0 radical (unpaired) electrons. The minimum Gasteiger partial charge on any atom is -0.339 e. The molecule has 1 rings (SSSR count). The molecule has 0 unspecified atom stereocenters. The minimum atomic E-state index is -0.0294. The molecule has 0 aliphatic rings. The lowest BCUT2D eigenvalue weighted by Crippen LogP contribution is -2.32. The Bertz CT molecular complexity index is 355. The van der Waals surface area contributed by atoms with Crippen LogP contribution in [-0.2, 0) is 0 Å². The summed E-state index contributed by atoms with van der Waals surface area (Å²) in [5.74, 6) is 0.532. The predicted molar refractivity (Wildman–Crippen MR) is 68.4 cm³/mol. The van der Waals surface area contributed by atoms with Gasteiger partial charge in [-0.1, -0.05) is 23.7 Å². The van der Waals surface area contributed by atoms with E-state index in [2.05, 4.69) is 0 Å². The van der Waals surface area contributed by atoms with Gasteiger partial charge >= 0.3 is 0 Å². The summed E-state index contributed by atoms with van der Waals surface area (Å²) in [4.78, 5) is 13.9. The molecule has 0 aliphatic heterocycles. The number of hydrogen-bond donors (Lipinski definition) is 0. The highest BCUT2D eigenvalue weighted by Gasteiger charge is 2.15. The Morgan fingerprint density at radius 1 is 1.38 bits per heavy atom. The fourth-order valence-corrected chi connectivity index (χ4v) is 1.79. The summed E-state index contributed by atoms with van der Waals surface area (Å²) in [6.07, 6.45) is 0.797. The van der Waals surface area contributed by atoms with Gasteiger partial charge in [-0.15, -0.1) is 11.6 Å². The van der Waals surface area contributed by atoms with Gasteiger partial charge in [-0.25, -0.2) is 0 Å². The molecule has 0 heterocycles. The van der Waals surface area contributed by atoms with Crippen molar-refractivity contribution in [1.29, 1.82) is 0 Å². The van der Waals surface area contributed by atoms with Crippen LogP contribution in [0.25, 0.3) is 0 Å². The number of halogens is 2. The first-order chi connectivity index (χ1) is 7.70. The summed E-state index contributed by atoms with van der Waals surface area (Å²) in [7, 11) is 0. The average Bonchev–Trinajstić information content (AvgIpc) is 2.30. The quantitative estimate of drug-likeness (QED) is 0.743. The normalized spacial score (nSPS) is 10.2. The molecule has 0 atom stereocenters. The second kappa shape index (κ2) is 6.77. The fraction of sp³-hybridized carbons (Fsp3) is 0.417. The van der Waals surface area contributed by atoms with E-state index in [4.69, 9.17) is 23.2 Å². The number of benzene rings is 1. The number of alkyl halides is 1. The molecule has 0 aliphatic carbocycles. The first-order valence-electron chi connectivity index (χ1n) is 5.30. The lowest BCUT2D eigenvalue weighted by molar-refractivity contribution is 0.0765. The smallest absolute Gasteiger partial charge is 0.255 e. The minimum absolute atomic E-state index is 0.0294. The summed E-state index contributed by atoms with van der Waals surface area (Å²) in [6, 6.07) is 7.10. The number of amides is 1. The summed E-state index contributed by atoms with van der Waals surface area (Å²) in [5.41, 5.74) is 0.556. The van der Waals surface area contributed by atoms with E-state index < -0.39 is 0 Å². The topological polar surface area (TPSA) is 20.3 Å². The molecular weight excluding hydrogens is 245 g/mol. The summed E-state index contributed by atoms with van der Waals surface area (Å²) >= 11 is 11.6. The Hall–Kier alpha value is -0.730. The van der Waals surface area contributed by atoms with Crippen molar-refractivity contribution in [2.75, 3.05) is 19.0 Å². The zero-order valence-corrected chi connectivity index (χ0v) is 10.8. The summed E-state index contributed by atoms with van der Waals surface area (Å²) < 4.78 is 0. The van der Waals surface area contributed by atoms with Gasteiger partial charge in [0.2, 0.25) is 0 Å². The number of nitrogens with zero attached hydrogens (tertiary/aromatic N) is 1. The Kier molecular flexibility index (Phi) is 5.64. The van der Waals surface area contributed by atoms with Gasteiger partial charge in [0.15, 0.2) is 0 Å². The van der Waals surface area contributed by atoms with Gasteiger partial charge < -0.3 is 4.90 Å². The van der Waals surface area contributed by atoms with Crippen molar-refractivity contribution >= 4 is 29.1 Å². The van der Waals surface area contributed by atoms with E-state index in [1.807, 2.05) is 19.1 Å². The molecule has 1 aromatic carbocycles. The molecule has 0 saturated carbocycles. The SMILES string of the molecule is CCN(CCCCl)C(=O)c1ccccc1Cl. The zero-order valence-electron chi connectivity index (χ0n) is 9.25. The lowest BCUT2D eigenvalue weighted by Gasteiger charge is -2.20. The molecular formula is C12H15Cl2NO. The maximum absolute atomic E-state index is 12.1. The average molecular weight is 260 g/mol. The van der Waals surface area contributed by atoms with Crippen LogP contribution in [0.15, 0.2) is 24.3 Å². The number of rotatable bonds is 5. The van der Waals surface area contributed by atoms with Gasteiger partial charge in [0.1, 0.15) is 0 Å². The molecule has 0 spiro atoms. The monoisotopic (exact) mass is 259 g/mol. The Balaban J connectivity index is 2.79. The van der Waals surface area contributed by atoms with Gasteiger partial charge in [0.25, 0.3) is 5.91 Å². The maximum atomic E-state index is 12.1. The van der Waals surface area contributed by atoms with E-state index in [1.54, 1.807) is 17.0 Å². The van der Waals surface area contributed by atoms with E-state index in [1.165, 1.54) is 0 Å². The van der Waals surface area contributed by atoms with Crippen LogP contribution in [0.2, 0.25) is 5.02 Å². The van der Waals surface area contributed by atoms with Gasteiger partial charge in [0, 0.05) is 19.0 Å². The predicted octanol–water partition coefficient (Wildman–Crippen LogP) is 3.43. The molecule has 4 heteroatoms. The highest BCUT2D eigenvalue weighted by atomic mass is 35.5. The highest BCUT2D eigenvalue weighted by molar-refractivity contribution is 6.33. The first-order valence-corrected chi connectivity index (χ1v) is 6.21. The van der Waals surface area contributed by atoms with Crippen molar-refractivity contribution in [2.45, 2.75) is 13.3 Å². The highest BCUT2D eigenvalue weighted by Crippen LogP contribution is 2.17. The third kappa shape index (κ3) is 3.39. The van der Waals surface area contributed by atoms with Crippen LogP contribution in [0.1, 0.15) is 23.7 Å². The Morgan fingerprint density at radius 3 is 2.62 bits per heavy atom. The van der Waals surface area contributed by atoms with Crippen molar-refractivity contribution in [3.05, 3.63) is 34.9 Å². The lowest BCUT2D eigenvalue weighted by atomic mass is 10.2. The molecule has 0 saturated heterocycles. The van der Waals surface area contributed by atoms with E-state index in [-0.39, 0.29) is 5.91 Å². The number of carbonyl (C=O) groups excluding carboxylic acids is 1. The second-order valence-corrected chi connectivity index (χ2v) is 4.19. The molecule has 1 aromatic rings. The molecule has 0 bridgehead atoms. The summed E-state index contributed by atoms with van der Waals surface area (Å²) in [6.45, 7) is 3.29. The Morgan fingerprint density at radius 2 is 2.06 bits per heavy atom. The van der Waals surface area contributed by atoms with Crippen molar-refractivity contribution < 1.29 is 4.79 Å². The van der Waals surface area contributed by atoms with Gasteiger partial charge in [-0.2, -0.15) is 0 Å². The van der Waals surface area contributed by atoms with Gasteiger partial charge in [-0.05, 0) is 25.5 Å². The number of hydrogen-bond acceptors (Lipinski definition) is 1. The molecule has 0 aromatic heterocycles. The van der Waals surface area contributed by atoms with Crippen LogP contribution in [0, 0.1) is 0 Å². The van der Waals surface area contributed by atoms with Crippen molar-refractivity contribution in [3.63, 3.8) is 0 Å².